The third-order valence-electron chi connectivity index (χ3n) is 6.99. The second-order valence-corrected chi connectivity index (χ2v) is 10.3. The fraction of sp³-hybridized carbons (Fsp3) is 0.194. The Hall–Kier alpha value is -4.44. The van der Waals surface area contributed by atoms with E-state index in [1.165, 1.54) is 18.3 Å². The smallest absolute Gasteiger partial charge is 0.274 e. The van der Waals surface area contributed by atoms with Crippen LogP contribution in [0, 0.1) is 6.92 Å². The zero-order chi connectivity index (χ0) is 28.9. The number of aliphatic hydroxyl groups excluding tert-OH is 1. The van der Waals surface area contributed by atoms with Crippen LogP contribution in [-0.4, -0.2) is 57.3 Å². The maximum atomic E-state index is 13.0. The van der Waals surface area contributed by atoms with E-state index < -0.39 is 11.8 Å². The standard InChI is InChI=1S/C31H28ClN5O4/c1-19-23(4-2-6-25(19)35-30(40)28-11-9-21(18-38)15-34-28)24-5-3-7-26(29(24)32)36-31(41)27-10-8-20(14-33-27)16-37-13-12-22(39)17-37/h2-11,14-15,18,22,39H,12-13,16-17H2,1H3,(H,35,40)(H,36,41)/t22-/m0/s1. The number of carbonyl (C=O) groups is 3. The maximum absolute atomic E-state index is 13.0. The third kappa shape index (κ3) is 6.49. The van der Waals surface area contributed by atoms with Crippen molar-refractivity contribution < 1.29 is 19.5 Å². The summed E-state index contributed by atoms with van der Waals surface area (Å²) >= 11 is 6.77. The number of hydrogen-bond donors (Lipinski definition) is 3. The molecule has 1 atom stereocenters. The third-order valence-corrected chi connectivity index (χ3v) is 7.39. The molecule has 0 radical (unpaired) electrons. The first kappa shape index (κ1) is 28.1. The largest absolute Gasteiger partial charge is 0.392 e. The molecule has 4 aromatic rings. The summed E-state index contributed by atoms with van der Waals surface area (Å²) < 4.78 is 0. The van der Waals surface area contributed by atoms with E-state index in [0.717, 1.165) is 29.7 Å². The number of pyridine rings is 2. The second-order valence-electron chi connectivity index (χ2n) is 9.88. The zero-order valence-electron chi connectivity index (χ0n) is 22.3. The van der Waals surface area contributed by atoms with Crippen LogP contribution < -0.4 is 10.6 Å². The number of likely N-dealkylation sites (tertiary alicyclic amines) is 1. The monoisotopic (exact) mass is 569 g/mol. The van der Waals surface area contributed by atoms with Crippen LogP contribution in [0.15, 0.2) is 73.1 Å². The van der Waals surface area contributed by atoms with Crippen LogP contribution in [0.2, 0.25) is 5.02 Å². The minimum absolute atomic E-state index is 0.180. The van der Waals surface area contributed by atoms with Gasteiger partial charge in [0, 0.05) is 48.8 Å². The SMILES string of the molecule is Cc1c(NC(=O)c2ccc(C=O)cn2)cccc1-c1cccc(NC(=O)c2ccc(CN3CC[C@H](O)C3)cn2)c1Cl. The van der Waals surface area contributed by atoms with Gasteiger partial charge in [-0.2, -0.15) is 0 Å². The molecule has 0 spiro atoms. The number of aldehydes is 1. The highest BCUT2D eigenvalue weighted by Gasteiger charge is 2.21. The van der Waals surface area contributed by atoms with Gasteiger partial charge in [0.25, 0.3) is 11.8 Å². The quantitative estimate of drug-likeness (QED) is 0.255. The molecule has 1 aliphatic rings. The van der Waals surface area contributed by atoms with E-state index in [1.54, 1.807) is 36.5 Å². The number of β-amino-alcohol motifs (C(OH)–C–C–N with tert-alkyl or cyclic N) is 1. The van der Waals surface area contributed by atoms with Crippen molar-refractivity contribution in [3.63, 3.8) is 0 Å². The summed E-state index contributed by atoms with van der Waals surface area (Å²) in [6.45, 7) is 4.01. The molecule has 3 N–H and O–H groups in total. The molecule has 0 bridgehead atoms. The molecule has 1 fully saturated rings. The van der Waals surface area contributed by atoms with Crippen LogP contribution in [0.5, 0.6) is 0 Å². The van der Waals surface area contributed by atoms with Gasteiger partial charge in [-0.1, -0.05) is 41.9 Å². The molecule has 9 nitrogen and oxygen atoms in total. The second kappa shape index (κ2) is 12.4. The van der Waals surface area contributed by atoms with Crippen LogP contribution in [-0.2, 0) is 6.54 Å². The molecule has 41 heavy (non-hydrogen) atoms. The Morgan fingerprint density at radius 2 is 1.61 bits per heavy atom. The summed E-state index contributed by atoms with van der Waals surface area (Å²) in [5.74, 6) is -0.802. The number of nitrogens with one attached hydrogen (secondary N) is 2. The van der Waals surface area contributed by atoms with Crippen molar-refractivity contribution >= 4 is 41.1 Å². The van der Waals surface area contributed by atoms with Gasteiger partial charge in [0.2, 0.25) is 0 Å². The maximum Gasteiger partial charge on any atom is 0.274 e. The lowest BCUT2D eigenvalue weighted by Crippen LogP contribution is -2.21. The highest BCUT2D eigenvalue weighted by atomic mass is 35.5. The minimum Gasteiger partial charge on any atom is -0.392 e. The Kier molecular flexibility index (Phi) is 8.49. The predicted octanol–water partition coefficient (Wildman–Crippen LogP) is 4.99. The normalized spacial score (nSPS) is 15.0. The van der Waals surface area contributed by atoms with Crippen molar-refractivity contribution in [3.8, 4) is 11.1 Å². The molecule has 5 rings (SSSR count). The number of benzene rings is 2. The first-order chi connectivity index (χ1) is 19.8. The molecule has 2 aromatic carbocycles. The molecule has 10 heteroatoms. The van der Waals surface area contributed by atoms with E-state index in [2.05, 4.69) is 25.5 Å². The summed E-state index contributed by atoms with van der Waals surface area (Å²) in [5, 5.41) is 15.8. The van der Waals surface area contributed by atoms with E-state index in [1.807, 2.05) is 25.1 Å². The lowest BCUT2D eigenvalue weighted by Gasteiger charge is -2.16. The lowest BCUT2D eigenvalue weighted by atomic mass is 9.98. The summed E-state index contributed by atoms with van der Waals surface area (Å²) in [4.78, 5) is 47.1. The van der Waals surface area contributed by atoms with E-state index in [4.69, 9.17) is 11.6 Å². The Morgan fingerprint density at radius 1 is 0.951 bits per heavy atom. The number of carbonyl (C=O) groups excluding carboxylic acids is 3. The van der Waals surface area contributed by atoms with Crippen molar-refractivity contribution in [2.75, 3.05) is 23.7 Å². The zero-order valence-corrected chi connectivity index (χ0v) is 23.1. The highest BCUT2D eigenvalue weighted by molar-refractivity contribution is 6.36. The molecule has 0 unspecified atom stereocenters. The number of aromatic nitrogens is 2. The van der Waals surface area contributed by atoms with Gasteiger partial charge in [0.05, 0.1) is 16.8 Å². The van der Waals surface area contributed by atoms with Crippen molar-refractivity contribution in [1.29, 1.82) is 0 Å². The first-order valence-electron chi connectivity index (χ1n) is 13.1. The van der Waals surface area contributed by atoms with Crippen LogP contribution >= 0.6 is 11.6 Å². The van der Waals surface area contributed by atoms with Crippen LogP contribution in [0.3, 0.4) is 0 Å². The fourth-order valence-electron chi connectivity index (χ4n) is 4.75. The van der Waals surface area contributed by atoms with Gasteiger partial charge in [-0.3, -0.25) is 29.3 Å². The van der Waals surface area contributed by atoms with Crippen molar-refractivity contribution in [2.45, 2.75) is 26.0 Å². The fourth-order valence-corrected chi connectivity index (χ4v) is 5.02. The molecule has 2 aromatic heterocycles. The van der Waals surface area contributed by atoms with Gasteiger partial charge in [-0.15, -0.1) is 0 Å². The molecule has 1 aliphatic heterocycles. The summed E-state index contributed by atoms with van der Waals surface area (Å²) in [6.07, 6.45) is 4.16. The molecular formula is C31H28ClN5O4. The molecule has 3 heterocycles. The van der Waals surface area contributed by atoms with Gasteiger partial charge >= 0.3 is 0 Å². The summed E-state index contributed by atoms with van der Waals surface area (Å²) in [5.41, 5.74) is 5.03. The Labute approximate surface area is 242 Å². The van der Waals surface area contributed by atoms with Gasteiger partial charge in [0.1, 0.15) is 11.4 Å². The van der Waals surface area contributed by atoms with Gasteiger partial charge in [0.15, 0.2) is 6.29 Å². The van der Waals surface area contributed by atoms with E-state index >= 15 is 0 Å². The number of anilines is 2. The highest BCUT2D eigenvalue weighted by Crippen LogP contribution is 2.37. The number of hydrogen-bond acceptors (Lipinski definition) is 7. The van der Waals surface area contributed by atoms with Crippen LogP contribution in [0.4, 0.5) is 11.4 Å². The first-order valence-corrected chi connectivity index (χ1v) is 13.5. The average Bonchev–Trinajstić information content (AvgIpc) is 3.40. The number of halogens is 1. The van der Waals surface area contributed by atoms with Crippen LogP contribution in [0.1, 0.15) is 48.9 Å². The van der Waals surface area contributed by atoms with Crippen molar-refractivity contribution in [2.24, 2.45) is 0 Å². The molecular weight excluding hydrogens is 542 g/mol. The minimum atomic E-state index is -0.411. The van der Waals surface area contributed by atoms with Crippen molar-refractivity contribution in [1.82, 2.24) is 14.9 Å². The number of rotatable bonds is 8. The van der Waals surface area contributed by atoms with E-state index in [-0.39, 0.29) is 17.5 Å². The number of amides is 2. The molecule has 1 saturated heterocycles. The molecule has 0 aliphatic carbocycles. The number of nitrogens with zero attached hydrogens (tertiary/aromatic N) is 3. The summed E-state index contributed by atoms with van der Waals surface area (Å²) in [6, 6.07) is 17.4. The summed E-state index contributed by atoms with van der Waals surface area (Å²) in [7, 11) is 0. The Bertz CT molecular complexity index is 1590. The Balaban J connectivity index is 1.30. The predicted molar refractivity (Wildman–Crippen MR) is 157 cm³/mol. The van der Waals surface area contributed by atoms with Crippen LogP contribution in [0.25, 0.3) is 11.1 Å². The van der Waals surface area contributed by atoms with E-state index in [0.29, 0.717) is 46.9 Å². The molecule has 208 valence electrons. The van der Waals surface area contributed by atoms with Gasteiger partial charge in [-0.05, 0) is 60.4 Å². The van der Waals surface area contributed by atoms with Crippen molar-refractivity contribution in [3.05, 3.63) is 106 Å². The molecule has 0 saturated carbocycles. The van der Waals surface area contributed by atoms with E-state index in [9.17, 15) is 19.5 Å². The number of aliphatic hydroxyl groups is 1. The lowest BCUT2D eigenvalue weighted by molar-refractivity contribution is 0.101. The average molecular weight is 570 g/mol. The Morgan fingerprint density at radius 3 is 2.22 bits per heavy atom. The molecule has 2 amide bonds. The van der Waals surface area contributed by atoms with Gasteiger partial charge < -0.3 is 15.7 Å². The topological polar surface area (TPSA) is 125 Å². The van der Waals surface area contributed by atoms with Gasteiger partial charge in [-0.25, -0.2) is 0 Å².